The molecule has 2 nitrogen and oxygen atoms in total. The Kier molecular flexibility index (Phi) is 3.61. The van der Waals surface area contributed by atoms with Crippen LogP contribution in [0.3, 0.4) is 0 Å². The van der Waals surface area contributed by atoms with Crippen molar-refractivity contribution in [3.8, 4) is 0 Å². The van der Waals surface area contributed by atoms with Gasteiger partial charge >= 0.3 is 0 Å². The summed E-state index contributed by atoms with van der Waals surface area (Å²) < 4.78 is 0. The summed E-state index contributed by atoms with van der Waals surface area (Å²) in [5.74, 6) is 0. The molecule has 0 saturated heterocycles. The van der Waals surface area contributed by atoms with Crippen molar-refractivity contribution in [1.82, 2.24) is 4.98 Å². The second-order valence-electron chi connectivity index (χ2n) is 5.65. The van der Waals surface area contributed by atoms with Gasteiger partial charge < -0.3 is 5.32 Å². The minimum absolute atomic E-state index is 0.791. The van der Waals surface area contributed by atoms with E-state index in [-0.39, 0.29) is 0 Å². The largest absolute Gasteiger partial charge is 0.380 e. The normalized spacial score (nSPS) is 10.8. The molecule has 0 fully saturated rings. The summed E-state index contributed by atoms with van der Waals surface area (Å²) in [5, 5.41) is 6.03. The van der Waals surface area contributed by atoms with Gasteiger partial charge in [0.05, 0.1) is 0 Å². The van der Waals surface area contributed by atoms with Crippen LogP contribution in [-0.4, -0.2) is 4.98 Å². The van der Waals surface area contributed by atoms with E-state index in [1.165, 1.54) is 38.7 Å². The van der Waals surface area contributed by atoms with E-state index in [0.29, 0.717) is 0 Å². The molecule has 106 valence electrons. The summed E-state index contributed by atoms with van der Waals surface area (Å²) in [6, 6.07) is 12.8. The van der Waals surface area contributed by atoms with Crippen molar-refractivity contribution in [2.24, 2.45) is 0 Å². The lowest BCUT2D eigenvalue weighted by Gasteiger charge is -2.14. The quantitative estimate of drug-likeness (QED) is 0.745. The molecule has 0 aliphatic rings. The van der Waals surface area contributed by atoms with Crippen molar-refractivity contribution in [3.63, 3.8) is 0 Å². The van der Waals surface area contributed by atoms with Crippen molar-refractivity contribution in [3.05, 3.63) is 71.0 Å². The second kappa shape index (κ2) is 5.57. The Balaban J connectivity index is 1.91. The van der Waals surface area contributed by atoms with Gasteiger partial charge in [-0.15, -0.1) is 0 Å². The maximum atomic E-state index is 4.34. The van der Waals surface area contributed by atoms with Crippen LogP contribution in [0.2, 0.25) is 0 Å². The molecular formula is C19H20N2. The van der Waals surface area contributed by atoms with Gasteiger partial charge in [0.2, 0.25) is 0 Å². The zero-order chi connectivity index (χ0) is 14.8. The molecule has 0 spiro atoms. The van der Waals surface area contributed by atoms with E-state index in [1.54, 1.807) is 0 Å². The van der Waals surface area contributed by atoms with Crippen molar-refractivity contribution >= 4 is 16.5 Å². The number of nitrogens with one attached hydrogen (secondary N) is 1. The summed E-state index contributed by atoms with van der Waals surface area (Å²) in [6.45, 7) is 7.24. The molecule has 0 radical (unpaired) electrons. The van der Waals surface area contributed by atoms with Crippen LogP contribution in [-0.2, 0) is 6.54 Å². The van der Waals surface area contributed by atoms with Crippen LogP contribution in [0.5, 0.6) is 0 Å². The molecular weight excluding hydrogens is 256 g/mol. The smallest absolute Gasteiger partial charge is 0.0422 e. The van der Waals surface area contributed by atoms with Crippen LogP contribution < -0.4 is 5.32 Å². The Morgan fingerprint density at radius 2 is 1.67 bits per heavy atom. The van der Waals surface area contributed by atoms with E-state index >= 15 is 0 Å². The van der Waals surface area contributed by atoms with E-state index < -0.39 is 0 Å². The molecule has 0 aliphatic heterocycles. The third-order valence-electron chi connectivity index (χ3n) is 3.88. The summed E-state index contributed by atoms with van der Waals surface area (Å²) in [4.78, 5) is 4.34. The highest BCUT2D eigenvalue weighted by Crippen LogP contribution is 2.24. The first-order valence-corrected chi connectivity index (χ1v) is 7.28. The average molecular weight is 276 g/mol. The summed E-state index contributed by atoms with van der Waals surface area (Å²) in [6.07, 6.45) is 3.87. The van der Waals surface area contributed by atoms with Crippen molar-refractivity contribution < 1.29 is 0 Å². The van der Waals surface area contributed by atoms with Gasteiger partial charge in [0.15, 0.2) is 0 Å². The molecule has 0 bridgehead atoms. The fourth-order valence-corrected chi connectivity index (χ4v) is 2.96. The van der Waals surface area contributed by atoms with E-state index in [1.807, 2.05) is 12.4 Å². The lowest BCUT2D eigenvalue weighted by Crippen LogP contribution is -2.04. The van der Waals surface area contributed by atoms with Gasteiger partial charge in [0, 0.05) is 30.0 Å². The van der Waals surface area contributed by atoms with Crippen LogP contribution in [0.4, 0.5) is 5.69 Å². The first-order chi connectivity index (χ1) is 10.1. The number of rotatable bonds is 3. The number of pyridine rings is 1. The molecule has 1 aromatic heterocycles. The van der Waals surface area contributed by atoms with Crippen LogP contribution in [0, 0.1) is 20.8 Å². The molecule has 2 heteroatoms. The average Bonchev–Trinajstić information content (AvgIpc) is 2.46. The monoisotopic (exact) mass is 276 g/mol. The fraction of sp³-hybridized carbons (Fsp3) is 0.211. The predicted molar refractivity (Wildman–Crippen MR) is 89.7 cm³/mol. The lowest BCUT2D eigenvalue weighted by molar-refractivity contribution is 1.12. The molecule has 3 aromatic rings. The van der Waals surface area contributed by atoms with Gasteiger partial charge in [-0.25, -0.2) is 0 Å². The third-order valence-corrected chi connectivity index (χ3v) is 3.88. The molecule has 0 atom stereocenters. The number of nitrogens with zero attached hydrogens (tertiary/aromatic N) is 1. The standard InChI is InChI=1S/C19H20N2/c1-13-8-14(2)19(15(3)9-13)21-12-17-11-20-10-16-6-4-5-7-18(16)17/h4-11,21H,12H2,1-3H3. The minimum Gasteiger partial charge on any atom is -0.380 e. The molecule has 2 aromatic carbocycles. The molecule has 0 unspecified atom stereocenters. The first-order valence-electron chi connectivity index (χ1n) is 7.28. The Bertz CT molecular complexity index is 762. The van der Waals surface area contributed by atoms with Crippen LogP contribution in [0.1, 0.15) is 22.3 Å². The first kappa shape index (κ1) is 13.6. The van der Waals surface area contributed by atoms with E-state index in [4.69, 9.17) is 0 Å². The van der Waals surface area contributed by atoms with E-state index in [2.05, 4.69) is 67.5 Å². The van der Waals surface area contributed by atoms with Crippen molar-refractivity contribution in [2.45, 2.75) is 27.3 Å². The summed E-state index contributed by atoms with van der Waals surface area (Å²) in [5.41, 5.74) is 6.35. The number of aryl methyl sites for hydroxylation is 3. The van der Waals surface area contributed by atoms with E-state index in [9.17, 15) is 0 Å². The maximum Gasteiger partial charge on any atom is 0.0422 e. The highest BCUT2D eigenvalue weighted by Gasteiger charge is 2.05. The maximum absolute atomic E-state index is 4.34. The molecule has 21 heavy (non-hydrogen) atoms. The van der Waals surface area contributed by atoms with Crippen LogP contribution in [0.15, 0.2) is 48.8 Å². The molecule has 0 aliphatic carbocycles. The number of aromatic nitrogens is 1. The number of fused-ring (bicyclic) bond motifs is 1. The van der Waals surface area contributed by atoms with Gasteiger partial charge in [0.25, 0.3) is 0 Å². The van der Waals surface area contributed by atoms with Gasteiger partial charge in [-0.3, -0.25) is 4.98 Å². The third kappa shape index (κ3) is 2.75. The molecule has 3 rings (SSSR count). The fourth-order valence-electron chi connectivity index (χ4n) is 2.96. The van der Waals surface area contributed by atoms with Gasteiger partial charge in [0.1, 0.15) is 0 Å². The zero-order valence-electron chi connectivity index (χ0n) is 12.8. The minimum atomic E-state index is 0.791. The Morgan fingerprint density at radius 3 is 2.43 bits per heavy atom. The topological polar surface area (TPSA) is 24.9 Å². The molecule has 0 amide bonds. The van der Waals surface area contributed by atoms with Crippen molar-refractivity contribution in [2.75, 3.05) is 5.32 Å². The highest BCUT2D eigenvalue weighted by atomic mass is 14.9. The number of benzene rings is 2. The van der Waals surface area contributed by atoms with Crippen LogP contribution >= 0.6 is 0 Å². The molecule has 1 N–H and O–H groups in total. The lowest BCUT2D eigenvalue weighted by atomic mass is 10.0. The zero-order valence-corrected chi connectivity index (χ0v) is 12.8. The SMILES string of the molecule is Cc1cc(C)c(NCc2cncc3ccccc23)c(C)c1. The number of anilines is 1. The molecule has 1 heterocycles. The second-order valence-corrected chi connectivity index (χ2v) is 5.65. The summed E-state index contributed by atoms with van der Waals surface area (Å²) in [7, 11) is 0. The predicted octanol–water partition coefficient (Wildman–Crippen LogP) is 4.77. The Hall–Kier alpha value is -2.35. The Morgan fingerprint density at radius 1 is 0.952 bits per heavy atom. The van der Waals surface area contributed by atoms with Gasteiger partial charge in [-0.2, -0.15) is 0 Å². The Labute approximate surface area is 125 Å². The van der Waals surface area contributed by atoms with Gasteiger partial charge in [-0.1, -0.05) is 42.0 Å². The summed E-state index contributed by atoms with van der Waals surface area (Å²) >= 11 is 0. The van der Waals surface area contributed by atoms with E-state index in [0.717, 1.165) is 6.54 Å². The van der Waals surface area contributed by atoms with Crippen LogP contribution in [0.25, 0.3) is 10.8 Å². The number of hydrogen-bond acceptors (Lipinski definition) is 2. The van der Waals surface area contributed by atoms with Crippen molar-refractivity contribution in [1.29, 1.82) is 0 Å². The number of hydrogen-bond donors (Lipinski definition) is 1. The van der Waals surface area contributed by atoms with Gasteiger partial charge in [-0.05, 0) is 42.8 Å². The molecule has 0 saturated carbocycles. The highest BCUT2D eigenvalue weighted by molar-refractivity contribution is 5.84.